The third-order valence-electron chi connectivity index (χ3n) is 5.52. The van der Waals surface area contributed by atoms with Crippen LogP contribution in [0.25, 0.3) is 10.9 Å². The fraction of sp³-hybridized carbons (Fsp3) is 0.154. The van der Waals surface area contributed by atoms with Gasteiger partial charge in [-0.1, -0.05) is 55.5 Å². The Morgan fingerprint density at radius 2 is 1.76 bits per heavy atom. The lowest BCUT2D eigenvalue weighted by atomic mass is 10.0. The number of ether oxygens (including phenoxy) is 1. The molecule has 0 aliphatic carbocycles. The lowest BCUT2D eigenvalue weighted by Crippen LogP contribution is -2.29. The second kappa shape index (κ2) is 9.93. The molecule has 0 aliphatic heterocycles. The summed E-state index contributed by atoms with van der Waals surface area (Å²) in [7, 11) is -2.55. The summed E-state index contributed by atoms with van der Waals surface area (Å²) in [5.41, 5.74) is 1.62. The van der Waals surface area contributed by atoms with Crippen molar-refractivity contribution in [2.75, 3.05) is 11.8 Å². The largest absolute Gasteiger partial charge is 0.497 e. The summed E-state index contributed by atoms with van der Waals surface area (Å²) in [6.07, 6.45) is 2.21. The van der Waals surface area contributed by atoms with E-state index in [1.165, 1.54) is 25.3 Å². The average Bonchev–Trinajstić information content (AvgIpc) is 2.87. The molecular formula is C26H25N3O4S. The SMILES string of the molecule is CCC(NC(=O)c1cc(OC)ccc1NS(=O)(=O)c1cccc2cccnc12)c1ccccc1. The van der Waals surface area contributed by atoms with Crippen molar-refractivity contribution in [2.24, 2.45) is 0 Å². The highest BCUT2D eigenvalue weighted by Gasteiger charge is 2.23. The van der Waals surface area contributed by atoms with Gasteiger partial charge in [0.15, 0.2) is 0 Å². The molecule has 0 saturated carbocycles. The van der Waals surface area contributed by atoms with Crippen molar-refractivity contribution in [3.8, 4) is 5.75 Å². The number of hydrogen-bond acceptors (Lipinski definition) is 5. The molecule has 0 spiro atoms. The van der Waals surface area contributed by atoms with Gasteiger partial charge in [-0.2, -0.15) is 0 Å². The van der Waals surface area contributed by atoms with Gasteiger partial charge >= 0.3 is 0 Å². The number of aromatic nitrogens is 1. The molecule has 3 aromatic carbocycles. The minimum absolute atomic E-state index is 0.0310. The van der Waals surface area contributed by atoms with Gasteiger partial charge in [0.25, 0.3) is 15.9 Å². The van der Waals surface area contributed by atoms with Crippen LogP contribution in [0.3, 0.4) is 0 Å². The van der Waals surface area contributed by atoms with Crippen LogP contribution in [0.1, 0.15) is 35.3 Å². The molecular weight excluding hydrogens is 450 g/mol. The molecule has 1 unspecified atom stereocenters. The lowest BCUT2D eigenvalue weighted by molar-refractivity contribution is 0.0936. The van der Waals surface area contributed by atoms with Crippen LogP contribution in [0.2, 0.25) is 0 Å². The number of carbonyl (C=O) groups is 1. The van der Waals surface area contributed by atoms with E-state index in [1.807, 2.05) is 37.3 Å². The van der Waals surface area contributed by atoms with Crippen molar-refractivity contribution in [3.63, 3.8) is 0 Å². The van der Waals surface area contributed by atoms with E-state index in [1.54, 1.807) is 36.5 Å². The van der Waals surface area contributed by atoms with Crippen LogP contribution in [-0.4, -0.2) is 26.4 Å². The van der Waals surface area contributed by atoms with Crippen molar-refractivity contribution in [2.45, 2.75) is 24.3 Å². The molecule has 0 fully saturated rings. The third-order valence-corrected chi connectivity index (χ3v) is 6.91. The van der Waals surface area contributed by atoms with Gasteiger partial charge in [0, 0.05) is 11.6 Å². The van der Waals surface area contributed by atoms with Gasteiger partial charge < -0.3 is 10.1 Å². The predicted octanol–water partition coefficient (Wildman–Crippen LogP) is 4.93. The van der Waals surface area contributed by atoms with Crippen LogP contribution in [0.4, 0.5) is 5.69 Å². The number of sulfonamides is 1. The first-order chi connectivity index (χ1) is 16.4. The summed E-state index contributed by atoms with van der Waals surface area (Å²) in [6, 6.07) is 22.5. The number of pyridine rings is 1. The zero-order chi connectivity index (χ0) is 24.1. The number of benzene rings is 3. The minimum atomic E-state index is -4.04. The van der Waals surface area contributed by atoms with Gasteiger partial charge in [0.2, 0.25) is 0 Å². The molecule has 0 radical (unpaired) electrons. The van der Waals surface area contributed by atoms with Gasteiger partial charge in [-0.3, -0.25) is 14.5 Å². The molecule has 1 atom stereocenters. The highest BCUT2D eigenvalue weighted by Crippen LogP contribution is 2.28. The van der Waals surface area contributed by atoms with E-state index >= 15 is 0 Å². The first kappa shape index (κ1) is 23.3. The monoisotopic (exact) mass is 475 g/mol. The van der Waals surface area contributed by atoms with E-state index in [2.05, 4.69) is 15.0 Å². The molecule has 7 nitrogen and oxygen atoms in total. The highest BCUT2D eigenvalue weighted by atomic mass is 32.2. The maximum absolute atomic E-state index is 13.3. The Morgan fingerprint density at radius 3 is 2.50 bits per heavy atom. The van der Waals surface area contributed by atoms with Gasteiger partial charge in [-0.05, 0) is 42.3 Å². The van der Waals surface area contributed by atoms with E-state index in [0.29, 0.717) is 23.1 Å². The Bertz CT molecular complexity index is 1420. The van der Waals surface area contributed by atoms with E-state index in [9.17, 15) is 13.2 Å². The fourth-order valence-corrected chi connectivity index (χ4v) is 5.02. The first-order valence-corrected chi connectivity index (χ1v) is 12.3. The number of rotatable bonds is 8. The van der Waals surface area contributed by atoms with Crippen LogP contribution < -0.4 is 14.8 Å². The molecule has 4 rings (SSSR count). The van der Waals surface area contributed by atoms with Crippen molar-refractivity contribution in [1.29, 1.82) is 0 Å². The van der Waals surface area contributed by atoms with Gasteiger partial charge in [0.05, 0.1) is 29.9 Å². The normalized spacial score (nSPS) is 12.2. The van der Waals surface area contributed by atoms with Crippen LogP contribution >= 0.6 is 0 Å². The van der Waals surface area contributed by atoms with Crippen LogP contribution in [0.5, 0.6) is 5.75 Å². The molecule has 174 valence electrons. The Labute approximate surface area is 198 Å². The van der Waals surface area contributed by atoms with Crippen molar-refractivity contribution in [1.82, 2.24) is 10.3 Å². The highest BCUT2D eigenvalue weighted by molar-refractivity contribution is 7.93. The zero-order valence-corrected chi connectivity index (χ0v) is 19.7. The summed E-state index contributed by atoms with van der Waals surface area (Å²) < 4.78 is 34.5. The van der Waals surface area contributed by atoms with Crippen molar-refractivity contribution >= 4 is 32.5 Å². The molecule has 2 N–H and O–H groups in total. The van der Waals surface area contributed by atoms with Crippen molar-refractivity contribution < 1.29 is 17.9 Å². The van der Waals surface area contributed by atoms with Crippen LogP contribution in [0.15, 0.2) is 90.0 Å². The predicted molar refractivity (Wildman–Crippen MR) is 132 cm³/mol. The summed E-state index contributed by atoms with van der Waals surface area (Å²) in [6.45, 7) is 1.97. The molecule has 4 aromatic rings. The number of nitrogens with zero attached hydrogens (tertiary/aromatic N) is 1. The lowest BCUT2D eigenvalue weighted by Gasteiger charge is -2.19. The number of anilines is 1. The standard InChI is InChI=1S/C26H25N3O4S/c1-3-22(18-9-5-4-6-10-18)28-26(30)21-17-20(33-2)14-15-23(21)29-34(31,32)24-13-7-11-19-12-8-16-27-25(19)24/h4-17,22,29H,3H2,1-2H3,(H,28,30). The molecule has 8 heteroatoms. The third kappa shape index (κ3) is 4.87. The Kier molecular flexibility index (Phi) is 6.79. The van der Waals surface area contributed by atoms with Gasteiger partial charge in [-0.25, -0.2) is 8.42 Å². The molecule has 34 heavy (non-hydrogen) atoms. The number of amides is 1. The molecule has 1 heterocycles. The van der Waals surface area contributed by atoms with Crippen molar-refractivity contribution in [3.05, 3.63) is 96.2 Å². The summed E-state index contributed by atoms with van der Waals surface area (Å²) in [4.78, 5) is 17.6. The number of hydrogen-bond donors (Lipinski definition) is 2. The second-order valence-corrected chi connectivity index (χ2v) is 9.34. The maximum Gasteiger partial charge on any atom is 0.264 e. The van der Waals surface area contributed by atoms with E-state index in [-0.39, 0.29) is 22.2 Å². The molecule has 0 bridgehead atoms. The number of methoxy groups -OCH3 is 1. The maximum atomic E-state index is 13.3. The summed E-state index contributed by atoms with van der Waals surface area (Å²) in [5, 5.41) is 3.71. The van der Waals surface area contributed by atoms with Gasteiger partial charge in [-0.15, -0.1) is 0 Å². The Balaban J connectivity index is 1.70. The number of para-hydroxylation sites is 1. The summed E-state index contributed by atoms with van der Waals surface area (Å²) in [5.74, 6) is 0.0241. The molecule has 1 aromatic heterocycles. The van der Waals surface area contributed by atoms with Crippen LogP contribution in [0, 0.1) is 0 Å². The number of carbonyl (C=O) groups excluding carboxylic acids is 1. The molecule has 1 amide bonds. The number of fused-ring (bicyclic) bond motifs is 1. The van der Waals surface area contributed by atoms with E-state index in [0.717, 1.165) is 5.56 Å². The quantitative estimate of drug-likeness (QED) is 0.377. The number of nitrogens with one attached hydrogen (secondary N) is 2. The smallest absolute Gasteiger partial charge is 0.264 e. The second-order valence-electron chi connectivity index (χ2n) is 7.69. The Morgan fingerprint density at radius 1 is 1.00 bits per heavy atom. The van der Waals surface area contributed by atoms with Crippen LogP contribution in [-0.2, 0) is 10.0 Å². The topological polar surface area (TPSA) is 97.4 Å². The Hall–Kier alpha value is -3.91. The van der Waals surface area contributed by atoms with Gasteiger partial charge in [0.1, 0.15) is 10.6 Å². The van der Waals surface area contributed by atoms with E-state index in [4.69, 9.17) is 4.74 Å². The molecule has 0 saturated heterocycles. The summed E-state index contributed by atoms with van der Waals surface area (Å²) >= 11 is 0. The minimum Gasteiger partial charge on any atom is -0.497 e. The first-order valence-electron chi connectivity index (χ1n) is 10.8. The zero-order valence-electron chi connectivity index (χ0n) is 18.9. The molecule has 0 aliphatic rings. The fourth-order valence-electron chi connectivity index (χ4n) is 3.76. The van der Waals surface area contributed by atoms with E-state index < -0.39 is 15.9 Å². The average molecular weight is 476 g/mol.